The average molecular weight is 353 g/mol. The van der Waals surface area contributed by atoms with Gasteiger partial charge in [-0.3, -0.25) is 9.78 Å². The van der Waals surface area contributed by atoms with E-state index in [-0.39, 0.29) is 5.91 Å². The number of carbonyl (C=O) groups excluding carboxylic acids is 1. The summed E-state index contributed by atoms with van der Waals surface area (Å²) >= 11 is 0. The number of aromatic nitrogens is 1. The van der Waals surface area contributed by atoms with Gasteiger partial charge in [-0.25, -0.2) is 0 Å². The standard InChI is InChI=1S/C21H27N3O2/c1-26-20-4-2-3-18(15-20)16-23-13-9-19-5-6-21(25)24(19)14-10-17-7-11-22-12-8-17/h2-4,7-8,11-12,15,19,23H,5-6,9-10,13-14,16H2,1H3/t19-/m0/s1. The number of rotatable bonds is 9. The van der Waals surface area contributed by atoms with Gasteiger partial charge >= 0.3 is 0 Å². The van der Waals surface area contributed by atoms with Crippen molar-refractivity contribution in [2.75, 3.05) is 20.2 Å². The van der Waals surface area contributed by atoms with Crippen molar-refractivity contribution in [2.24, 2.45) is 0 Å². The van der Waals surface area contributed by atoms with Crippen LogP contribution >= 0.6 is 0 Å². The Kier molecular flexibility index (Phi) is 6.61. The molecule has 0 aliphatic carbocycles. The van der Waals surface area contributed by atoms with E-state index in [1.807, 2.05) is 30.3 Å². The maximum absolute atomic E-state index is 12.2. The van der Waals surface area contributed by atoms with Crippen LogP contribution in [0.5, 0.6) is 5.75 Å². The molecule has 1 amide bonds. The van der Waals surface area contributed by atoms with Gasteiger partial charge in [0, 0.05) is 37.9 Å². The van der Waals surface area contributed by atoms with Gasteiger partial charge in [0.15, 0.2) is 0 Å². The molecule has 1 aromatic carbocycles. The summed E-state index contributed by atoms with van der Waals surface area (Å²) in [7, 11) is 1.68. The molecular formula is C21H27N3O2. The van der Waals surface area contributed by atoms with Crippen molar-refractivity contribution in [2.45, 2.75) is 38.3 Å². The summed E-state index contributed by atoms with van der Waals surface area (Å²) < 4.78 is 5.26. The molecule has 0 radical (unpaired) electrons. The Morgan fingerprint density at radius 2 is 2.08 bits per heavy atom. The molecule has 0 saturated carbocycles. The molecule has 2 aromatic rings. The first-order valence-corrected chi connectivity index (χ1v) is 9.28. The van der Waals surface area contributed by atoms with E-state index in [2.05, 4.69) is 21.3 Å². The lowest BCUT2D eigenvalue weighted by Gasteiger charge is -2.25. The summed E-state index contributed by atoms with van der Waals surface area (Å²) in [6.07, 6.45) is 7.14. The number of hydrogen-bond donors (Lipinski definition) is 1. The molecule has 1 N–H and O–H groups in total. The maximum atomic E-state index is 12.2. The van der Waals surface area contributed by atoms with Crippen LogP contribution < -0.4 is 10.1 Å². The number of pyridine rings is 1. The molecule has 5 nitrogen and oxygen atoms in total. The Labute approximate surface area is 155 Å². The molecule has 1 atom stereocenters. The van der Waals surface area contributed by atoms with Crippen LogP contribution in [0.3, 0.4) is 0 Å². The van der Waals surface area contributed by atoms with E-state index in [0.717, 1.165) is 44.6 Å². The minimum absolute atomic E-state index is 0.289. The first-order valence-electron chi connectivity index (χ1n) is 9.28. The van der Waals surface area contributed by atoms with Gasteiger partial charge < -0.3 is 15.0 Å². The highest BCUT2D eigenvalue weighted by atomic mass is 16.5. The fraction of sp³-hybridized carbons (Fsp3) is 0.429. The number of hydrogen-bond acceptors (Lipinski definition) is 4. The van der Waals surface area contributed by atoms with Gasteiger partial charge in [-0.2, -0.15) is 0 Å². The summed E-state index contributed by atoms with van der Waals surface area (Å²) in [6.45, 7) is 2.51. The van der Waals surface area contributed by atoms with Crippen molar-refractivity contribution in [3.8, 4) is 5.75 Å². The summed E-state index contributed by atoms with van der Waals surface area (Å²) in [4.78, 5) is 18.3. The topological polar surface area (TPSA) is 54.5 Å². The van der Waals surface area contributed by atoms with Crippen molar-refractivity contribution < 1.29 is 9.53 Å². The Bertz CT molecular complexity index is 705. The smallest absolute Gasteiger partial charge is 0.222 e. The van der Waals surface area contributed by atoms with Crippen molar-refractivity contribution in [1.29, 1.82) is 0 Å². The number of nitrogens with zero attached hydrogens (tertiary/aromatic N) is 2. The molecule has 2 heterocycles. The largest absolute Gasteiger partial charge is 0.497 e. The molecule has 0 spiro atoms. The molecule has 138 valence electrons. The Balaban J connectivity index is 1.43. The lowest BCUT2D eigenvalue weighted by Crippen LogP contribution is -2.36. The number of ether oxygens (including phenoxy) is 1. The third-order valence-corrected chi connectivity index (χ3v) is 4.96. The summed E-state index contributed by atoms with van der Waals surface area (Å²) in [5.41, 5.74) is 2.44. The number of benzene rings is 1. The highest BCUT2D eigenvalue weighted by molar-refractivity contribution is 5.78. The van der Waals surface area contributed by atoms with E-state index in [1.54, 1.807) is 19.5 Å². The van der Waals surface area contributed by atoms with Crippen LogP contribution in [0.25, 0.3) is 0 Å². The zero-order chi connectivity index (χ0) is 18.2. The van der Waals surface area contributed by atoms with Crippen LogP contribution in [0.4, 0.5) is 0 Å². The van der Waals surface area contributed by atoms with Crippen molar-refractivity contribution in [3.63, 3.8) is 0 Å². The molecule has 1 saturated heterocycles. The van der Waals surface area contributed by atoms with E-state index >= 15 is 0 Å². The van der Waals surface area contributed by atoms with Gasteiger partial charge in [0.25, 0.3) is 0 Å². The van der Waals surface area contributed by atoms with Crippen LogP contribution in [0.1, 0.15) is 30.4 Å². The van der Waals surface area contributed by atoms with Gasteiger partial charge in [-0.05, 0) is 61.2 Å². The van der Waals surface area contributed by atoms with Crippen LogP contribution in [0.2, 0.25) is 0 Å². The molecule has 1 aliphatic rings. The molecule has 1 fully saturated rings. The van der Waals surface area contributed by atoms with Gasteiger partial charge in [0.05, 0.1) is 7.11 Å². The van der Waals surface area contributed by atoms with Crippen molar-refractivity contribution >= 4 is 5.91 Å². The van der Waals surface area contributed by atoms with Crippen molar-refractivity contribution in [3.05, 3.63) is 59.9 Å². The second-order valence-corrected chi connectivity index (χ2v) is 6.70. The number of carbonyl (C=O) groups is 1. The second-order valence-electron chi connectivity index (χ2n) is 6.70. The Hall–Kier alpha value is -2.40. The van der Waals surface area contributed by atoms with Crippen LogP contribution in [-0.2, 0) is 17.8 Å². The number of amides is 1. The van der Waals surface area contributed by atoms with E-state index in [0.29, 0.717) is 12.5 Å². The van der Waals surface area contributed by atoms with Gasteiger partial charge in [0.1, 0.15) is 5.75 Å². The van der Waals surface area contributed by atoms with Gasteiger partial charge in [-0.1, -0.05) is 12.1 Å². The molecule has 26 heavy (non-hydrogen) atoms. The molecule has 3 rings (SSSR count). The molecule has 1 aliphatic heterocycles. The average Bonchev–Trinajstić information content (AvgIpc) is 3.04. The Morgan fingerprint density at radius 3 is 2.88 bits per heavy atom. The molecule has 5 heteroatoms. The fourth-order valence-electron chi connectivity index (χ4n) is 3.48. The molecular weight excluding hydrogens is 326 g/mol. The molecule has 0 unspecified atom stereocenters. The van der Waals surface area contributed by atoms with Crippen LogP contribution in [0, 0.1) is 0 Å². The number of methoxy groups -OCH3 is 1. The summed E-state index contributed by atoms with van der Waals surface area (Å²) in [5.74, 6) is 1.17. The van der Waals surface area contributed by atoms with E-state index in [1.165, 1.54) is 11.1 Å². The van der Waals surface area contributed by atoms with Gasteiger partial charge in [0.2, 0.25) is 5.91 Å². The second kappa shape index (κ2) is 9.34. The predicted molar refractivity (Wildman–Crippen MR) is 102 cm³/mol. The van der Waals surface area contributed by atoms with E-state index in [9.17, 15) is 4.79 Å². The predicted octanol–water partition coefficient (Wildman–Crippen LogP) is 2.80. The third kappa shape index (κ3) is 5.05. The lowest BCUT2D eigenvalue weighted by molar-refractivity contribution is -0.129. The maximum Gasteiger partial charge on any atom is 0.222 e. The molecule has 1 aromatic heterocycles. The zero-order valence-corrected chi connectivity index (χ0v) is 15.4. The van der Waals surface area contributed by atoms with E-state index in [4.69, 9.17) is 4.74 Å². The van der Waals surface area contributed by atoms with E-state index < -0.39 is 0 Å². The normalized spacial score (nSPS) is 16.9. The first-order chi connectivity index (χ1) is 12.8. The SMILES string of the molecule is COc1cccc(CNCC[C@@H]2CCC(=O)N2CCc2ccncc2)c1. The number of nitrogens with one attached hydrogen (secondary N) is 1. The van der Waals surface area contributed by atoms with Gasteiger partial charge in [-0.15, -0.1) is 0 Å². The zero-order valence-electron chi connectivity index (χ0n) is 15.4. The summed E-state index contributed by atoms with van der Waals surface area (Å²) in [5, 5.41) is 3.49. The third-order valence-electron chi connectivity index (χ3n) is 4.96. The minimum atomic E-state index is 0.289. The van der Waals surface area contributed by atoms with Crippen LogP contribution in [-0.4, -0.2) is 42.0 Å². The first kappa shape index (κ1) is 18.4. The molecule has 0 bridgehead atoms. The number of likely N-dealkylation sites (tertiary alicyclic amines) is 1. The summed E-state index contributed by atoms with van der Waals surface area (Å²) in [6, 6.07) is 12.5. The monoisotopic (exact) mass is 353 g/mol. The van der Waals surface area contributed by atoms with Crippen LogP contribution in [0.15, 0.2) is 48.8 Å². The highest BCUT2D eigenvalue weighted by Crippen LogP contribution is 2.21. The fourth-order valence-corrected chi connectivity index (χ4v) is 3.48. The minimum Gasteiger partial charge on any atom is -0.497 e. The quantitative estimate of drug-likeness (QED) is 0.705. The Morgan fingerprint density at radius 1 is 1.23 bits per heavy atom. The lowest BCUT2D eigenvalue weighted by atomic mass is 10.1. The van der Waals surface area contributed by atoms with Crippen molar-refractivity contribution in [1.82, 2.24) is 15.2 Å². The highest BCUT2D eigenvalue weighted by Gasteiger charge is 2.29.